The molecule has 0 fully saturated rings. The first-order chi connectivity index (χ1) is 17.0. The van der Waals surface area contributed by atoms with Crippen molar-refractivity contribution in [2.24, 2.45) is 0 Å². The van der Waals surface area contributed by atoms with Crippen LogP contribution in [0.2, 0.25) is 5.02 Å². The van der Waals surface area contributed by atoms with Crippen LogP contribution in [0.1, 0.15) is 28.4 Å². The minimum absolute atomic E-state index is 0.0757. The highest BCUT2D eigenvalue weighted by atomic mass is 35.5. The molecule has 0 bridgehead atoms. The lowest BCUT2D eigenvalue weighted by Crippen LogP contribution is -2.36. The fraction of sp³-hybridized carbons (Fsp3) is 0.107. The van der Waals surface area contributed by atoms with Crippen LogP contribution in [0.4, 0.5) is 5.13 Å². The minimum atomic E-state index is -0.501. The number of hydrogen-bond acceptors (Lipinski definition) is 4. The van der Waals surface area contributed by atoms with E-state index in [2.05, 4.69) is 16.9 Å². The van der Waals surface area contributed by atoms with Gasteiger partial charge < -0.3 is 5.32 Å². The van der Waals surface area contributed by atoms with Crippen LogP contribution in [0, 0.1) is 0 Å². The van der Waals surface area contributed by atoms with Gasteiger partial charge in [0, 0.05) is 28.1 Å². The molecular weight excluding hydrogens is 478 g/mol. The Bertz CT molecular complexity index is 1290. The maximum atomic E-state index is 13.5. The average molecular weight is 502 g/mol. The second kappa shape index (κ2) is 11.6. The topological polar surface area (TPSA) is 62.3 Å². The Morgan fingerprint density at radius 3 is 2.31 bits per heavy atom. The van der Waals surface area contributed by atoms with Gasteiger partial charge in [-0.15, -0.1) is 17.9 Å². The van der Waals surface area contributed by atoms with Crippen LogP contribution in [0.25, 0.3) is 11.3 Å². The molecule has 0 aliphatic rings. The lowest BCUT2D eigenvalue weighted by atomic mass is 10.0. The summed E-state index contributed by atoms with van der Waals surface area (Å²) in [6, 6.07) is 25.4. The summed E-state index contributed by atoms with van der Waals surface area (Å²) in [5.74, 6) is -0.397. The molecule has 0 saturated heterocycles. The van der Waals surface area contributed by atoms with E-state index in [4.69, 9.17) is 11.6 Å². The van der Waals surface area contributed by atoms with Crippen molar-refractivity contribution >= 4 is 39.9 Å². The molecule has 0 aliphatic heterocycles. The first-order valence-corrected chi connectivity index (χ1v) is 12.3. The quantitative estimate of drug-likeness (QED) is 0.265. The van der Waals surface area contributed by atoms with Gasteiger partial charge in [0.2, 0.25) is 5.91 Å². The van der Waals surface area contributed by atoms with Crippen molar-refractivity contribution in [2.75, 3.05) is 11.4 Å². The third kappa shape index (κ3) is 6.23. The zero-order valence-electron chi connectivity index (χ0n) is 18.9. The van der Waals surface area contributed by atoms with Crippen molar-refractivity contribution in [3.05, 3.63) is 119 Å². The lowest BCUT2D eigenvalue weighted by Gasteiger charge is -2.23. The maximum absolute atomic E-state index is 13.5. The van der Waals surface area contributed by atoms with Crippen LogP contribution < -0.4 is 10.2 Å². The molecule has 0 saturated carbocycles. The van der Waals surface area contributed by atoms with Crippen LogP contribution in [0.5, 0.6) is 0 Å². The summed E-state index contributed by atoms with van der Waals surface area (Å²) in [4.78, 5) is 32.7. The summed E-state index contributed by atoms with van der Waals surface area (Å²) < 4.78 is 0. The van der Waals surface area contributed by atoms with E-state index >= 15 is 0 Å². The fourth-order valence-electron chi connectivity index (χ4n) is 3.61. The Balaban J connectivity index is 1.56. The van der Waals surface area contributed by atoms with Crippen LogP contribution in [-0.2, 0) is 4.79 Å². The number of rotatable bonds is 9. The van der Waals surface area contributed by atoms with Gasteiger partial charge in [-0.1, -0.05) is 78.3 Å². The number of anilines is 1. The molecule has 4 aromatic rings. The molecule has 0 aliphatic carbocycles. The normalized spacial score (nSPS) is 11.5. The summed E-state index contributed by atoms with van der Waals surface area (Å²) in [6.45, 7) is 4.11. The minimum Gasteiger partial charge on any atom is -0.345 e. The zero-order valence-corrected chi connectivity index (χ0v) is 20.5. The number of nitrogens with one attached hydrogen (secondary N) is 1. The molecule has 4 rings (SSSR count). The summed E-state index contributed by atoms with van der Waals surface area (Å²) in [5, 5.41) is 6.15. The molecule has 3 aromatic carbocycles. The largest absolute Gasteiger partial charge is 0.345 e. The number of aromatic nitrogens is 1. The number of halogens is 1. The molecular formula is C28H24ClN3O2S. The predicted molar refractivity (Wildman–Crippen MR) is 143 cm³/mol. The molecule has 0 unspecified atom stereocenters. The highest BCUT2D eigenvalue weighted by molar-refractivity contribution is 7.14. The number of benzene rings is 3. The van der Waals surface area contributed by atoms with E-state index in [0.29, 0.717) is 22.3 Å². The number of nitrogens with zero attached hydrogens (tertiary/aromatic N) is 2. The van der Waals surface area contributed by atoms with Crippen molar-refractivity contribution in [2.45, 2.75) is 12.5 Å². The number of amides is 2. The average Bonchev–Trinajstić information content (AvgIpc) is 3.38. The van der Waals surface area contributed by atoms with E-state index in [1.54, 1.807) is 23.1 Å². The van der Waals surface area contributed by atoms with E-state index in [-0.39, 0.29) is 18.2 Å². The summed E-state index contributed by atoms with van der Waals surface area (Å²) >= 11 is 7.38. The first kappa shape index (κ1) is 24.4. The standard InChI is InChI=1S/C28H24ClN3O2S/c1-2-17-32(28-31-25(19-35-28)21-13-15-23(29)16-14-21)26(33)18-24(20-9-5-3-6-10-20)30-27(34)22-11-7-4-8-12-22/h2-16,19,24H,1,17-18H2,(H,30,34)/t24-/m1/s1. The van der Waals surface area contributed by atoms with E-state index in [0.717, 1.165) is 16.8 Å². The van der Waals surface area contributed by atoms with Gasteiger partial charge in [-0.3, -0.25) is 14.5 Å². The summed E-state index contributed by atoms with van der Waals surface area (Å²) in [7, 11) is 0. The summed E-state index contributed by atoms with van der Waals surface area (Å²) in [5.41, 5.74) is 3.07. The van der Waals surface area contributed by atoms with Gasteiger partial charge in [0.1, 0.15) is 0 Å². The number of thiazole rings is 1. The third-order valence-corrected chi connectivity index (χ3v) is 6.51. The Morgan fingerprint density at radius 2 is 1.66 bits per heavy atom. The molecule has 5 nitrogen and oxygen atoms in total. The van der Waals surface area contributed by atoms with E-state index in [9.17, 15) is 9.59 Å². The van der Waals surface area contributed by atoms with E-state index < -0.39 is 6.04 Å². The van der Waals surface area contributed by atoms with E-state index in [1.807, 2.05) is 78.2 Å². The van der Waals surface area contributed by atoms with Crippen molar-refractivity contribution in [1.29, 1.82) is 0 Å². The highest BCUT2D eigenvalue weighted by Gasteiger charge is 2.25. The predicted octanol–water partition coefficient (Wildman–Crippen LogP) is 6.54. The van der Waals surface area contributed by atoms with Gasteiger partial charge in [0.05, 0.1) is 18.2 Å². The van der Waals surface area contributed by atoms with E-state index in [1.165, 1.54) is 11.3 Å². The molecule has 0 radical (unpaired) electrons. The van der Waals surface area contributed by atoms with Gasteiger partial charge in [0.25, 0.3) is 5.91 Å². The van der Waals surface area contributed by atoms with Crippen LogP contribution in [0.3, 0.4) is 0 Å². The van der Waals surface area contributed by atoms with Crippen molar-refractivity contribution in [3.63, 3.8) is 0 Å². The summed E-state index contributed by atoms with van der Waals surface area (Å²) in [6.07, 6.45) is 1.74. The Labute approximate surface area is 213 Å². The molecule has 2 amide bonds. The number of carbonyl (C=O) groups excluding carboxylic acids is 2. The Kier molecular flexibility index (Phi) is 8.08. The van der Waals surface area contributed by atoms with Crippen molar-refractivity contribution < 1.29 is 9.59 Å². The third-order valence-electron chi connectivity index (χ3n) is 5.40. The smallest absolute Gasteiger partial charge is 0.251 e. The number of hydrogen-bond donors (Lipinski definition) is 1. The lowest BCUT2D eigenvalue weighted by molar-refractivity contribution is -0.119. The van der Waals surface area contributed by atoms with Gasteiger partial charge in [-0.25, -0.2) is 4.98 Å². The van der Waals surface area contributed by atoms with Gasteiger partial charge in [0.15, 0.2) is 5.13 Å². The van der Waals surface area contributed by atoms with Crippen molar-refractivity contribution in [3.8, 4) is 11.3 Å². The highest BCUT2D eigenvalue weighted by Crippen LogP contribution is 2.30. The number of carbonyl (C=O) groups is 2. The van der Waals surface area contributed by atoms with Crippen LogP contribution in [-0.4, -0.2) is 23.3 Å². The van der Waals surface area contributed by atoms with Gasteiger partial charge in [-0.05, 0) is 29.8 Å². The first-order valence-electron chi connectivity index (χ1n) is 11.1. The van der Waals surface area contributed by atoms with Crippen molar-refractivity contribution in [1.82, 2.24) is 10.3 Å². The second-order valence-corrected chi connectivity index (χ2v) is 9.10. The maximum Gasteiger partial charge on any atom is 0.251 e. The molecule has 0 spiro atoms. The SMILES string of the molecule is C=CCN(C(=O)C[C@@H](NC(=O)c1ccccc1)c1ccccc1)c1nc(-c2ccc(Cl)cc2)cs1. The van der Waals surface area contributed by atoms with Gasteiger partial charge >= 0.3 is 0 Å². The molecule has 7 heteroatoms. The monoisotopic (exact) mass is 501 g/mol. The fourth-order valence-corrected chi connectivity index (χ4v) is 4.60. The second-order valence-electron chi connectivity index (χ2n) is 7.82. The Hall–Kier alpha value is -3.74. The molecule has 1 heterocycles. The van der Waals surface area contributed by atoms with Gasteiger partial charge in [-0.2, -0.15) is 0 Å². The molecule has 35 heavy (non-hydrogen) atoms. The van der Waals surface area contributed by atoms with Crippen LogP contribution in [0.15, 0.2) is 103 Å². The molecule has 1 aromatic heterocycles. The molecule has 1 N–H and O–H groups in total. The van der Waals surface area contributed by atoms with Crippen LogP contribution >= 0.6 is 22.9 Å². The molecule has 176 valence electrons. The molecule has 1 atom stereocenters. The zero-order chi connectivity index (χ0) is 24.6. The Morgan fingerprint density at radius 1 is 1.00 bits per heavy atom.